The lowest BCUT2D eigenvalue weighted by atomic mass is 10.1. The van der Waals surface area contributed by atoms with Gasteiger partial charge in [-0.05, 0) is 67.9 Å². The number of furan rings is 1. The van der Waals surface area contributed by atoms with Crippen molar-refractivity contribution in [2.24, 2.45) is 0 Å². The number of aromatic nitrogens is 1. The van der Waals surface area contributed by atoms with E-state index in [1.807, 2.05) is 47.9 Å². The van der Waals surface area contributed by atoms with E-state index in [0.29, 0.717) is 55.4 Å². The maximum absolute atomic E-state index is 13.7. The Hall–Kier alpha value is -4.73. The quantitative estimate of drug-likeness (QED) is 0.334. The Bertz CT molecular complexity index is 1520. The highest BCUT2D eigenvalue weighted by Crippen LogP contribution is 2.26. The first-order chi connectivity index (χ1) is 19.4. The maximum atomic E-state index is 13.7. The van der Waals surface area contributed by atoms with Crippen LogP contribution in [0.4, 0.5) is 10.5 Å². The normalized spacial score (nSPS) is 15.2. The second-order valence-corrected chi connectivity index (χ2v) is 9.67. The van der Waals surface area contributed by atoms with E-state index in [2.05, 4.69) is 5.32 Å². The van der Waals surface area contributed by atoms with Crippen LogP contribution in [0.5, 0.6) is 5.75 Å². The van der Waals surface area contributed by atoms with Gasteiger partial charge in [0.25, 0.3) is 5.91 Å². The van der Waals surface area contributed by atoms with E-state index in [-0.39, 0.29) is 18.0 Å². The van der Waals surface area contributed by atoms with Crippen LogP contribution in [-0.4, -0.2) is 71.7 Å². The molecule has 1 aliphatic heterocycles. The standard InChI is InChI=1S/C30H32N4O6/c1-4-39-29(36)22-8-10-24(11-9-22)31-30(37)33-14-13-32(18-20(33)2)27(35)26-17-23-12-15-40-28(23)34(26)19-21-6-5-7-25(16-21)38-3/h5-12,15-17,20H,4,13-14,18-19H2,1-3H3,(H,31,37). The first-order valence-corrected chi connectivity index (χ1v) is 13.2. The van der Waals surface area contributed by atoms with Gasteiger partial charge in [0.1, 0.15) is 11.4 Å². The van der Waals surface area contributed by atoms with E-state index in [4.69, 9.17) is 13.9 Å². The third-order valence-corrected chi connectivity index (χ3v) is 7.02. The number of rotatable bonds is 7. The lowest BCUT2D eigenvalue weighted by Crippen LogP contribution is -2.56. The Labute approximate surface area is 232 Å². The number of esters is 1. The van der Waals surface area contributed by atoms with Crippen molar-refractivity contribution in [1.29, 1.82) is 0 Å². The summed E-state index contributed by atoms with van der Waals surface area (Å²) in [6.07, 6.45) is 1.62. The van der Waals surface area contributed by atoms with Crippen molar-refractivity contribution in [1.82, 2.24) is 14.4 Å². The molecule has 1 fully saturated rings. The molecule has 1 N–H and O–H groups in total. The summed E-state index contributed by atoms with van der Waals surface area (Å²) in [6.45, 7) is 5.58. The van der Waals surface area contributed by atoms with E-state index >= 15 is 0 Å². The number of ether oxygens (including phenoxy) is 2. The number of nitrogens with one attached hydrogen (secondary N) is 1. The topological polar surface area (TPSA) is 106 Å². The van der Waals surface area contributed by atoms with Gasteiger partial charge in [-0.3, -0.25) is 4.79 Å². The molecule has 3 heterocycles. The number of amides is 3. The highest BCUT2D eigenvalue weighted by molar-refractivity contribution is 5.98. The van der Waals surface area contributed by atoms with Crippen molar-refractivity contribution >= 4 is 34.7 Å². The maximum Gasteiger partial charge on any atom is 0.338 e. The first kappa shape index (κ1) is 26.9. The second kappa shape index (κ2) is 11.6. The van der Waals surface area contributed by atoms with Crippen molar-refractivity contribution in [2.45, 2.75) is 26.4 Å². The molecule has 4 aromatic rings. The summed E-state index contributed by atoms with van der Waals surface area (Å²) in [6, 6.07) is 17.5. The highest BCUT2D eigenvalue weighted by atomic mass is 16.5. The summed E-state index contributed by atoms with van der Waals surface area (Å²) in [4.78, 5) is 42.1. The van der Waals surface area contributed by atoms with Crippen LogP contribution in [0.1, 0.15) is 40.3 Å². The number of hydrogen-bond donors (Lipinski definition) is 1. The summed E-state index contributed by atoms with van der Waals surface area (Å²) in [7, 11) is 1.62. The number of urea groups is 1. The molecule has 0 spiro atoms. The van der Waals surface area contributed by atoms with Crippen molar-refractivity contribution in [3.05, 3.63) is 83.7 Å². The van der Waals surface area contributed by atoms with E-state index in [0.717, 1.165) is 16.7 Å². The average molecular weight is 545 g/mol. The molecule has 1 atom stereocenters. The predicted molar refractivity (Wildman–Crippen MR) is 150 cm³/mol. The Morgan fingerprint density at radius 1 is 1.05 bits per heavy atom. The van der Waals surface area contributed by atoms with Crippen molar-refractivity contribution in [3.63, 3.8) is 0 Å². The molecule has 1 saturated heterocycles. The minimum atomic E-state index is -0.405. The van der Waals surface area contributed by atoms with Gasteiger partial charge in [-0.25, -0.2) is 9.59 Å². The van der Waals surface area contributed by atoms with Gasteiger partial charge >= 0.3 is 12.0 Å². The molecule has 5 rings (SSSR count). The Kier molecular flexibility index (Phi) is 7.77. The first-order valence-electron chi connectivity index (χ1n) is 13.2. The van der Waals surface area contributed by atoms with Gasteiger partial charge in [0, 0.05) is 36.7 Å². The number of fused-ring (bicyclic) bond motifs is 1. The molecule has 1 unspecified atom stereocenters. The SMILES string of the molecule is CCOC(=O)c1ccc(NC(=O)N2CCN(C(=O)c3cc4ccoc4n3Cc3cccc(OC)c3)CC2C)cc1. The molecule has 0 bridgehead atoms. The Balaban J connectivity index is 1.26. The van der Waals surface area contributed by atoms with E-state index in [1.165, 1.54) is 0 Å². The van der Waals surface area contributed by atoms with Gasteiger partial charge < -0.3 is 33.6 Å². The number of carbonyl (C=O) groups is 3. The molecule has 2 aromatic carbocycles. The predicted octanol–water partition coefficient (Wildman–Crippen LogP) is 4.85. The highest BCUT2D eigenvalue weighted by Gasteiger charge is 2.32. The lowest BCUT2D eigenvalue weighted by Gasteiger charge is -2.39. The lowest BCUT2D eigenvalue weighted by molar-refractivity contribution is 0.0525. The Morgan fingerprint density at radius 3 is 2.58 bits per heavy atom. The van der Waals surface area contributed by atoms with Crippen LogP contribution in [0.25, 0.3) is 11.1 Å². The summed E-state index contributed by atoms with van der Waals surface area (Å²) in [5.74, 6) is 0.222. The van der Waals surface area contributed by atoms with Crippen LogP contribution in [0.3, 0.4) is 0 Å². The van der Waals surface area contributed by atoms with Gasteiger partial charge in [0.05, 0.1) is 32.1 Å². The third-order valence-electron chi connectivity index (χ3n) is 7.02. The number of anilines is 1. The molecular weight excluding hydrogens is 512 g/mol. The smallest absolute Gasteiger partial charge is 0.338 e. The van der Waals surface area contributed by atoms with Gasteiger partial charge in [-0.15, -0.1) is 0 Å². The van der Waals surface area contributed by atoms with Crippen LogP contribution in [0.2, 0.25) is 0 Å². The van der Waals surface area contributed by atoms with Gasteiger partial charge in [-0.2, -0.15) is 0 Å². The summed E-state index contributed by atoms with van der Waals surface area (Å²) >= 11 is 0. The number of carbonyl (C=O) groups excluding carboxylic acids is 3. The zero-order valence-corrected chi connectivity index (χ0v) is 22.8. The van der Waals surface area contributed by atoms with Crippen molar-refractivity contribution in [3.8, 4) is 5.75 Å². The monoisotopic (exact) mass is 544 g/mol. The van der Waals surface area contributed by atoms with Crippen LogP contribution < -0.4 is 10.1 Å². The summed E-state index contributed by atoms with van der Waals surface area (Å²) in [5, 5.41) is 3.73. The molecule has 3 amide bonds. The summed E-state index contributed by atoms with van der Waals surface area (Å²) < 4.78 is 18.0. The number of nitrogens with zero attached hydrogens (tertiary/aromatic N) is 3. The fourth-order valence-electron chi connectivity index (χ4n) is 4.97. The zero-order valence-electron chi connectivity index (χ0n) is 22.8. The van der Waals surface area contributed by atoms with Crippen LogP contribution in [0, 0.1) is 0 Å². The van der Waals surface area contributed by atoms with Crippen LogP contribution in [-0.2, 0) is 11.3 Å². The molecule has 40 heavy (non-hydrogen) atoms. The van der Waals surface area contributed by atoms with Crippen LogP contribution >= 0.6 is 0 Å². The second-order valence-electron chi connectivity index (χ2n) is 9.67. The number of hydrogen-bond acceptors (Lipinski definition) is 6. The molecule has 10 heteroatoms. The largest absolute Gasteiger partial charge is 0.497 e. The van der Waals surface area contributed by atoms with Gasteiger partial charge in [0.15, 0.2) is 0 Å². The van der Waals surface area contributed by atoms with Gasteiger partial charge in [-0.1, -0.05) is 12.1 Å². The van der Waals surface area contributed by atoms with Crippen molar-refractivity contribution in [2.75, 3.05) is 38.7 Å². The molecule has 1 aliphatic rings. The van der Waals surface area contributed by atoms with Crippen molar-refractivity contribution < 1.29 is 28.3 Å². The van der Waals surface area contributed by atoms with Gasteiger partial charge in [0.2, 0.25) is 5.71 Å². The van der Waals surface area contributed by atoms with E-state index in [1.54, 1.807) is 54.4 Å². The molecule has 10 nitrogen and oxygen atoms in total. The van der Waals surface area contributed by atoms with E-state index in [9.17, 15) is 14.4 Å². The number of benzene rings is 2. The Morgan fingerprint density at radius 2 is 1.85 bits per heavy atom. The number of methoxy groups -OCH3 is 1. The fraction of sp³-hybridized carbons (Fsp3) is 0.300. The molecule has 0 saturated carbocycles. The third kappa shape index (κ3) is 5.51. The molecule has 2 aromatic heterocycles. The van der Waals surface area contributed by atoms with E-state index < -0.39 is 5.97 Å². The molecule has 0 aliphatic carbocycles. The van der Waals surface area contributed by atoms with Crippen LogP contribution in [0.15, 0.2) is 71.3 Å². The summed E-state index contributed by atoms with van der Waals surface area (Å²) in [5.41, 5.74) is 3.13. The molecular formula is C30H32N4O6. The minimum Gasteiger partial charge on any atom is -0.497 e. The molecule has 208 valence electrons. The minimum absolute atomic E-state index is 0.115. The zero-order chi connectivity index (χ0) is 28.2. The molecule has 0 radical (unpaired) electrons. The average Bonchev–Trinajstić information content (AvgIpc) is 3.56. The fourth-order valence-corrected chi connectivity index (χ4v) is 4.97. The number of piperazine rings is 1.